The number of carbonyl (C=O) groups excluding carboxylic acids is 1. The molecule has 1 aromatic carbocycles. The molecular weight excluding hydrogens is 322 g/mol. The minimum Gasteiger partial charge on any atom is -0.289 e. The second kappa shape index (κ2) is 5.54. The first-order valence-electron chi connectivity index (χ1n) is 4.99. The molecular formula is C13H7BrF2OS. The van der Waals surface area contributed by atoms with Gasteiger partial charge in [-0.3, -0.25) is 4.79 Å². The van der Waals surface area contributed by atoms with Crippen LogP contribution in [0, 0.1) is 11.6 Å². The van der Waals surface area contributed by atoms with Crippen LogP contribution >= 0.6 is 27.3 Å². The third-order valence-corrected chi connectivity index (χ3v) is 3.78. The van der Waals surface area contributed by atoms with Crippen molar-refractivity contribution in [2.24, 2.45) is 0 Å². The second-order valence-corrected chi connectivity index (χ2v) is 5.96. The van der Waals surface area contributed by atoms with Crippen LogP contribution in [0.3, 0.4) is 0 Å². The highest BCUT2D eigenvalue weighted by molar-refractivity contribution is 9.11. The first-order valence-corrected chi connectivity index (χ1v) is 6.60. The molecule has 0 aliphatic rings. The van der Waals surface area contributed by atoms with Crippen LogP contribution in [0.1, 0.15) is 15.2 Å². The van der Waals surface area contributed by atoms with Crippen molar-refractivity contribution in [2.45, 2.75) is 0 Å². The molecule has 0 amide bonds. The van der Waals surface area contributed by atoms with Crippen molar-refractivity contribution in [3.05, 3.63) is 62.3 Å². The summed E-state index contributed by atoms with van der Waals surface area (Å²) < 4.78 is 27.0. The molecule has 0 aliphatic heterocycles. The van der Waals surface area contributed by atoms with E-state index < -0.39 is 17.4 Å². The van der Waals surface area contributed by atoms with Crippen LogP contribution in [0.15, 0.2) is 40.2 Å². The summed E-state index contributed by atoms with van der Waals surface area (Å²) in [4.78, 5) is 12.6. The molecule has 1 heterocycles. The van der Waals surface area contributed by atoms with Crippen molar-refractivity contribution >= 4 is 39.1 Å². The molecule has 92 valence electrons. The number of ketones is 1. The van der Waals surface area contributed by atoms with Crippen LogP contribution in [0.2, 0.25) is 0 Å². The van der Waals surface area contributed by atoms with Gasteiger partial charge in [-0.2, -0.15) is 0 Å². The van der Waals surface area contributed by atoms with Gasteiger partial charge in [0.2, 0.25) is 0 Å². The van der Waals surface area contributed by atoms with E-state index in [2.05, 4.69) is 15.9 Å². The predicted octanol–water partition coefficient (Wildman–Crippen LogP) is 4.68. The molecule has 0 atom stereocenters. The Labute approximate surface area is 115 Å². The molecule has 0 bridgehead atoms. The normalized spacial score (nSPS) is 11.1. The number of thiophene rings is 1. The van der Waals surface area contributed by atoms with Crippen LogP contribution in [0.4, 0.5) is 8.78 Å². The minimum absolute atomic E-state index is 0.136. The summed E-state index contributed by atoms with van der Waals surface area (Å²) in [6, 6.07) is 6.59. The molecule has 2 rings (SSSR count). The van der Waals surface area contributed by atoms with Gasteiger partial charge in [0.1, 0.15) is 11.6 Å². The lowest BCUT2D eigenvalue weighted by Gasteiger charge is -1.97. The van der Waals surface area contributed by atoms with Crippen molar-refractivity contribution in [2.75, 3.05) is 0 Å². The van der Waals surface area contributed by atoms with Crippen molar-refractivity contribution in [1.29, 1.82) is 0 Å². The zero-order valence-electron chi connectivity index (χ0n) is 8.99. The highest BCUT2D eigenvalue weighted by Gasteiger charge is 2.09. The van der Waals surface area contributed by atoms with Crippen molar-refractivity contribution in [1.82, 2.24) is 0 Å². The smallest absolute Gasteiger partial charge is 0.188 e. The number of hydrogen-bond acceptors (Lipinski definition) is 2. The van der Waals surface area contributed by atoms with Gasteiger partial charge in [-0.15, -0.1) is 11.3 Å². The zero-order chi connectivity index (χ0) is 13.1. The maximum Gasteiger partial charge on any atom is 0.188 e. The largest absolute Gasteiger partial charge is 0.289 e. The highest BCUT2D eigenvalue weighted by Crippen LogP contribution is 2.23. The number of benzene rings is 1. The fraction of sp³-hybridized carbons (Fsp3) is 0. The monoisotopic (exact) mass is 328 g/mol. The lowest BCUT2D eigenvalue weighted by atomic mass is 10.1. The van der Waals surface area contributed by atoms with E-state index in [1.165, 1.54) is 17.4 Å². The summed E-state index contributed by atoms with van der Waals surface area (Å²) >= 11 is 4.76. The molecule has 18 heavy (non-hydrogen) atoms. The Morgan fingerprint density at radius 2 is 2.00 bits per heavy atom. The fourth-order valence-electron chi connectivity index (χ4n) is 1.35. The van der Waals surface area contributed by atoms with Gasteiger partial charge >= 0.3 is 0 Å². The number of halogens is 3. The molecule has 0 spiro atoms. The Balaban J connectivity index is 2.19. The third-order valence-electron chi connectivity index (χ3n) is 2.19. The fourth-order valence-corrected chi connectivity index (χ4v) is 2.68. The van der Waals surface area contributed by atoms with E-state index in [1.54, 1.807) is 6.08 Å². The molecule has 2 aromatic rings. The van der Waals surface area contributed by atoms with Gasteiger partial charge in [0.05, 0.1) is 9.35 Å². The maximum absolute atomic E-state index is 13.3. The molecule has 0 unspecified atom stereocenters. The zero-order valence-corrected chi connectivity index (χ0v) is 11.4. The van der Waals surface area contributed by atoms with Crippen LogP contribution in [-0.4, -0.2) is 5.78 Å². The summed E-state index contributed by atoms with van der Waals surface area (Å²) in [5.74, 6) is -2.04. The second-order valence-electron chi connectivity index (χ2n) is 3.46. The molecule has 0 fully saturated rings. The van der Waals surface area contributed by atoms with Crippen LogP contribution in [-0.2, 0) is 0 Å². The standard InChI is InChI=1S/C13H7BrF2OS/c14-13-6-3-9(18-13)2-5-12(17)10-4-1-8(15)7-11(10)16/h1-7H/b5-2+. The average Bonchev–Trinajstić information content (AvgIpc) is 2.72. The molecule has 0 N–H and O–H groups in total. The highest BCUT2D eigenvalue weighted by atomic mass is 79.9. The summed E-state index contributed by atoms with van der Waals surface area (Å²) in [5.41, 5.74) is -0.136. The third kappa shape index (κ3) is 3.11. The van der Waals surface area contributed by atoms with Crippen LogP contribution in [0.5, 0.6) is 0 Å². The average molecular weight is 329 g/mol. The number of allylic oxidation sites excluding steroid dienone is 1. The quantitative estimate of drug-likeness (QED) is 0.590. The molecule has 5 heteroatoms. The minimum atomic E-state index is -0.850. The molecule has 0 saturated heterocycles. The van der Waals surface area contributed by atoms with Crippen LogP contribution in [0.25, 0.3) is 6.08 Å². The van der Waals surface area contributed by atoms with Crippen molar-refractivity contribution in [3.8, 4) is 0 Å². The van der Waals surface area contributed by atoms with Gasteiger partial charge in [0.15, 0.2) is 5.78 Å². The number of hydrogen-bond donors (Lipinski definition) is 0. The molecule has 0 radical (unpaired) electrons. The first-order chi connectivity index (χ1) is 8.56. The lowest BCUT2D eigenvalue weighted by Crippen LogP contribution is -1.98. The Hall–Kier alpha value is -1.33. The SMILES string of the molecule is O=C(/C=C/c1ccc(Br)s1)c1ccc(F)cc1F. The van der Waals surface area contributed by atoms with E-state index in [9.17, 15) is 13.6 Å². The van der Waals surface area contributed by atoms with E-state index in [0.717, 1.165) is 20.8 Å². The molecule has 1 nitrogen and oxygen atoms in total. The summed E-state index contributed by atoms with van der Waals surface area (Å²) in [6.45, 7) is 0. The van der Waals surface area contributed by atoms with Crippen molar-refractivity contribution in [3.63, 3.8) is 0 Å². The van der Waals surface area contributed by atoms with Gasteiger partial charge in [-0.05, 0) is 52.3 Å². The number of rotatable bonds is 3. The Morgan fingerprint density at radius 1 is 1.22 bits per heavy atom. The topological polar surface area (TPSA) is 17.1 Å². The molecule has 0 saturated carbocycles. The van der Waals surface area contributed by atoms with E-state index in [4.69, 9.17) is 0 Å². The van der Waals surface area contributed by atoms with Gasteiger partial charge in [-0.25, -0.2) is 8.78 Å². The first kappa shape index (κ1) is 13.1. The molecule has 1 aromatic heterocycles. The maximum atomic E-state index is 13.3. The molecule has 0 aliphatic carbocycles. The van der Waals surface area contributed by atoms with Crippen molar-refractivity contribution < 1.29 is 13.6 Å². The van der Waals surface area contributed by atoms with Crippen LogP contribution < -0.4 is 0 Å². The van der Waals surface area contributed by atoms with Gasteiger partial charge in [0.25, 0.3) is 0 Å². The Kier molecular flexibility index (Phi) is 4.04. The van der Waals surface area contributed by atoms with E-state index in [0.29, 0.717) is 6.07 Å². The predicted molar refractivity (Wildman–Crippen MR) is 71.7 cm³/mol. The Morgan fingerprint density at radius 3 is 2.61 bits per heavy atom. The van der Waals surface area contributed by atoms with E-state index in [-0.39, 0.29) is 5.56 Å². The van der Waals surface area contributed by atoms with E-state index in [1.807, 2.05) is 12.1 Å². The van der Waals surface area contributed by atoms with E-state index >= 15 is 0 Å². The summed E-state index contributed by atoms with van der Waals surface area (Å²) in [5, 5.41) is 0. The summed E-state index contributed by atoms with van der Waals surface area (Å²) in [7, 11) is 0. The summed E-state index contributed by atoms with van der Waals surface area (Å²) in [6.07, 6.45) is 2.87. The lowest BCUT2D eigenvalue weighted by molar-refractivity contribution is 0.104. The van der Waals surface area contributed by atoms with Gasteiger partial charge in [0, 0.05) is 10.9 Å². The Bertz CT molecular complexity index is 619. The number of carbonyl (C=O) groups is 1. The van der Waals surface area contributed by atoms with Gasteiger partial charge < -0.3 is 0 Å². The van der Waals surface area contributed by atoms with Gasteiger partial charge in [-0.1, -0.05) is 0 Å².